The Hall–Kier alpha value is -2.43. The fourth-order valence-electron chi connectivity index (χ4n) is 2.21. The molecule has 0 saturated carbocycles. The van der Waals surface area contributed by atoms with Crippen molar-refractivity contribution >= 4 is 10.9 Å². The highest BCUT2D eigenvalue weighted by Crippen LogP contribution is 2.29. The Morgan fingerprint density at radius 3 is 2.86 bits per heavy atom. The molecule has 5 heteroatoms. The fraction of sp³-hybridized carbons (Fsp3) is 0.312. The topological polar surface area (TPSA) is 61.0 Å². The molecule has 0 unspecified atom stereocenters. The van der Waals surface area contributed by atoms with Crippen LogP contribution in [0.1, 0.15) is 25.7 Å². The van der Waals surface area contributed by atoms with Gasteiger partial charge in [0.25, 0.3) is 0 Å². The molecule has 0 aliphatic heterocycles. The highest BCUT2D eigenvalue weighted by atomic mass is 16.5. The van der Waals surface area contributed by atoms with Crippen molar-refractivity contribution < 1.29 is 9.26 Å². The lowest BCUT2D eigenvalue weighted by Gasteiger charge is -2.06. The molecule has 0 spiro atoms. The number of methoxy groups -OCH3 is 1. The quantitative estimate of drug-likeness (QED) is 0.715. The summed E-state index contributed by atoms with van der Waals surface area (Å²) in [7, 11) is 1.60. The van der Waals surface area contributed by atoms with Gasteiger partial charge < -0.3 is 9.26 Å². The highest BCUT2D eigenvalue weighted by Gasteiger charge is 2.15. The predicted octanol–water partition coefficient (Wildman–Crippen LogP) is 3.64. The van der Waals surface area contributed by atoms with Crippen LogP contribution < -0.4 is 4.74 Å². The molecule has 3 rings (SSSR count). The highest BCUT2D eigenvalue weighted by molar-refractivity contribution is 5.84. The number of fused-ring (bicyclic) bond motifs is 1. The zero-order chi connectivity index (χ0) is 14.7. The molecule has 0 radical (unpaired) electrons. The molecule has 108 valence electrons. The molecule has 0 amide bonds. The Bertz CT molecular complexity index is 752. The lowest BCUT2D eigenvalue weighted by atomic mass is 10.1. The Morgan fingerprint density at radius 2 is 2.05 bits per heavy atom. The maximum atomic E-state index is 5.37. The van der Waals surface area contributed by atoms with E-state index in [4.69, 9.17) is 9.26 Å². The van der Waals surface area contributed by atoms with Crippen LogP contribution in [0.4, 0.5) is 0 Å². The van der Waals surface area contributed by atoms with Crippen molar-refractivity contribution in [3.63, 3.8) is 0 Å². The molecule has 0 fully saturated rings. The number of aromatic nitrogens is 3. The molecule has 0 bridgehead atoms. The van der Waals surface area contributed by atoms with E-state index in [1.54, 1.807) is 7.11 Å². The molecule has 3 aromatic rings. The van der Waals surface area contributed by atoms with Gasteiger partial charge in [-0.15, -0.1) is 0 Å². The fourth-order valence-corrected chi connectivity index (χ4v) is 2.21. The number of rotatable bonds is 5. The standard InChI is InChI=1S/C16H17N3O2/c1-3-4-9-14-18-15(19-21-14)12-10-11-7-5-6-8-13(11)17-16(12)20-2/h5-8,10H,3-4,9H2,1-2H3. The van der Waals surface area contributed by atoms with Crippen LogP contribution in [0.3, 0.4) is 0 Å². The van der Waals surface area contributed by atoms with E-state index >= 15 is 0 Å². The van der Waals surface area contributed by atoms with Crippen LogP contribution in [0.5, 0.6) is 5.88 Å². The first-order valence-corrected chi connectivity index (χ1v) is 7.08. The molecule has 2 aromatic heterocycles. The van der Waals surface area contributed by atoms with E-state index in [2.05, 4.69) is 22.0 Å². The van der Waals surface area contributed by atoms with Gasteiger partial charge in [-0.2, -0.15) is 4.98 Å². The van der Waals surface area contributed by atoms with Crippen LogP contribution in [0.25, 0.3) is 22.3 Å². The maximum absolute atomic E-state index is 5.37. The summed E-state index contributed by atoms with van der Waals surface area (Å²) in [6.07, 6.45) is 2.93. The van der Waals surface area contributed by atoms with Crippen LogP contribution in [0, 0.1) is 0 Å². The molecule has 0 N–H and O–H groups in total. The molecular weight excluding hydrogens is 266 g/mol. The predicted molar refractivity (Wildman–Crippen MR) is 80.2 cm³/mol. The summed E-state index contributed by atoms with van der Waals surface area (Å²) in [6.45, 7) is 2.13. The summed E-state index contributed by atoms with van der Waals surface area (Å²) in [5.41, 5.74) is 1.63. The van der Waals surface area contributed by atoms with Crippen LogP contribution in [0.2, 0.25) is 0 Å². The Morgan fingerprint density at radius 1 is 1.19 bits per heavy atom. The van der Waals surface area contributed by atoms with Crippen LogP contribution in [-0.4, -0.2) is 22.2 Å². The van der Waals surface area contributed by atoms with Gasteiger partial charge in [0.05, 0.1) is 18.2 Å². The lowest BCUT2D eigenvalue weighted by Crippen LogP contribution is -1.94. The first kappa shape index (κ1) is 13.5. The molecular formula is C16H17N3O2. The Labute approximate surface area is 123 Å². The van der Waals surface area contributed by atoms with Gasteiger partial charge in [-0.3, -0.25) is 0 Å². The number of nitrogens with zero attached hydrogens (tertiary/aromatic N) is 3. The summed E-state index contributed by atoms with van der Waals surface area (Å²) in [5, 5.41) is 5.07. The number of unbranched alkanes of at least 4 members (excludes halogenated alkanes) is 1. The van der Waals surface area contributed by atoms with Gasteiger partial charge in [0, 0.05) is 11.8 Å². The Kier molecular flexibility index (Phi) is 3.81. The third-order valence-corrected chi connectivity index (χ3v) is 3.34. The van der Waals surface area contributed by atoms with Gasteiger partial charge in [0.1, 0.15) is 0 Å². The van der Waals surface area contributed by atoms with E-state index in [0.29, 0.717) is 17.6 Å². The van der Waals surface area contributed by atoms with E-state index < -0.39 is 0 Å². The van der Waals surface area contributed by atoms with Crippen molar-refractivity contribution in [1.29, 1.82) is 0 Å². The van der Waals surface area contributed by atoms with E-state index in [0.717, 1.165) is 35.7 Å². The molecule has 0 aliphatic rings. The van der Waals surface area contributed by atoms with Crippen LogP contribution in [-0.2, 0) is 6.42 Å². The minimum absolute atomic E-state index is 0.511. The third-order valence-electron chi connectivity index (χ3n) is 3.34. The molecule has 0 aliphatic carbocycles. The van der Waals surface area contributed by atoms with E-state index in [9.17, 15) is 0 Å². The number of benzene rings is 1. The number of para-hydroxylation sites is 1. The largest absolute Gasteiger partial charge is 0.480 e. The maximum Gasteiger partial charge on any atom is 0.226 e. The number of aryl methyl sites for hydroxylation is 1. The van der Waals surface area contributed by atoms with Crippen molar-refractivity contribution in [2.45, 2.75) is 26.2 Å². The monoisotopic (exact) mass is 283 g/mol. The summed E-state index contributed by atoms with van der Waals surface area (Å²) in [5.74, 6) is 1.69. The van der Waals surface area contributed by atoms with Gasteiger partial charge >= 0.3 is 0 Å². The van der Waals surface area contributed by atoms with Crippen molar-refractivity contribution in [2.24, 2.45) is 0 Å². The second-order valence-electron chi connectivity index (χ2n) is 4.85. The molecule has 2 heterocycles. The first-order chi connectivity index (χ1) is 10.3. The van der Waals surface area contributed by atoms with Crippen molar-refractivity contribution in [1.82, 2.24) is 15.1 Å². The van der Waals surface area contributed by atoms with Crippen LogP contribution in [0.15, 0.2) is 34.9 Å². The van der Waals surface area contributed by atoms with Crippen molar-refractivity contribution in [3.05, 3.63) is 36.2 Å². The smallest absolute Gasteiger partial charge is 0.226 e. The summed E-state index contributed by atoms with van der Waals surface area (Å²) in [4.78, 5) is 8.93. The number of ether oxygens (including phenoxy) is 1. The molecule has 21 heavy (non-hydrogen) atoms. The minimum atomic E-state index is 0.511. The normalized spacial score (nSPS) is 11.0. The minimum Gasteiger partial charge on any atom is -0.480 e. The Balaban J connectivity index is 2.03. The van der Waals surface area contributed by atoms with E-state index in [-0.39, 0.29) is 0 Å². The van der Waals surface area contributed by atoms with Gasteiger partial charge in [-0.05, 0) is 18.6 Å². The lowest BCUT2D eigenvalue weighted by molar-refractivity contribution is 0.374. The second-order valence-corrected chi connectivity index (χ2v) is 4.85. The number of pyridine rings is 1. The number of hydrogen-bond acceptors (Lipinski definition) is 5. The van der Waals surface area contributed by atoms with Crippen molar-refractivity contribution in [2.75, 3.05) is 7.11 Å². The van der Waals surface area contributed by atoms with Crippen molar-refractivity contribution in [3.8, 4) is 17.3 Å². The van der Waals surface area contributed by atoms with Gasteiger partial charge in [0.15, 0.2) is 0 Å². The first-order valence-electron chi connectivity index (χ1n) is 7.08. The average Bonchev–Trinajstić information content (AvgIpc) is 3.00. The summed E-state index contributed by atoms with van der Waals surface area (Å²) >= 11 is 0. The van der Waals surface area contributed by atoms with E-state index in [1.807, 2.05) is 30.3 Å². The van der Waals surface area contributed by atoms with Gasteiger partial charge in [0.2, 0.25) is 17.6 Å². The summed E-state index contributed by atoms with van der Waals surface area (Å²) < 4.78 is 10.7. The third kappa shape index (κ3) is 2.72. The zero-order valence-corrected chi connectivity index (χ0v) is 12.2. The van der Waals surface area contributed by atoms with Gasteiger partial charge in [-0.1, -0.05) is 36.7 Å². The summed E-state index contributed by atoms with van der Waals surface area (Å²) in [6, 6.07) is 9.86. The zero-order valence-electron chi connectivity index (χ0n) is 12.2. The van der Waals surface area contributed by atoms with E-state index in [1.165, 1.54) is 0 Å². The average molecular weight is 283 g/mol. The molecule has 1 aromatic carbocycles. The number of hydrogen-bond donors (Lipinski definition) is 0. The van der Waals surface area contributed by atoms with Crippen LogP contribution >= 0.6 is 0 Å². The second kappa shape index (κ2) is 5.91. The molecule has 0 saturated heterocycles. The SMILES string of the molecule is CCCCc1nc(-c2cc3ccccc3nc2OC)no1. The van der Waals surface area contributed by atoms with Gasteiger partial charge in [-0.25, -0.2) is 4.98 Å². The molecule has 0 atom stereocenters. The molecule has 5 nitrogen and oxygen atoms in total.